The van der Waals surface area contributed by atoms with Crippen molar-refractivity contribution in [3.8, 4) is 17.0 Å². The van der Waals surface area contributed by atoms with Crippen molar-refractivity contribution in [3.05, 3.63) is 47.8 Å². The van der Waals surface area contributed by atoms with E-state index in [-0.39, 0.29) is 19.0 Å². The number of fused-ring (bicyclic) bond motifs is 4. The topological polar surface area (TPSA) is 88.1 Å². The highest BCUT2D eigenvalue weighted by atomic mass is 16.6. The van der Waals surface area contributed by atoms with Gasteiger partial charge in [-0.25, -0.2) is 9.78 Å². The largest absolute Gasteiger partial charge is 0.477 e. The average molecular weight is 532 g/mol. The SMILES string of the molecule is Cc1cc(-c2ccc3ncc4c(c3c2)C2(CN(C(=O)OC(C)(C)C)C2)C(=O)N4C)cnc1OCCCN(C)C. The summed E-state index contributed by atoms with van der Waals surface area (Å²) < 4.78 is 11.5. The molecule has 206 valence electrons. The molecule has 0 radical (unpaired) electrons. The predicted octanol–water partition coefficient (Wildman–Crippen LogP) is 4.40. The Morgan fingerprint density at radius 1 is 1.10 bits per heavy atom. The highest BCUT2D eigenvalue weighted by Crippen LogP contribution is 2.50. The number of anilines is 1. The summed E-state index contributed by atoms with van der Waals surface area (Å²) in [6, 6.07) is 8.16. The van der Waals surface area contributed by atoms with Crippen LogP contribution in [0.15, 0.2) is 36.7 Å². The molecule has 1 fully saturated rings. The maximum atomic E-state index is 13.5. The van der Waals surface area contributed by atoms with Gasteiger partial charge in [0.05, 0.1) is 24.0 Å². The van der Waals surface area contributed by atoms with Gasteiger partial charge in [-0.3, -0.25) is 9.78 Å². The molecule has 2 amide bonds. The number of benzene rings is 1. The van der Waals surface area contributed by atoms with E-state index in [9.17, 15) is 9.59 Å². The second kappa shape index (κ2) is 9.79. The van der Waals surface area contributed by atoms with Crippen LogP contribution >= 0.6 is 0 Å². The molecule has 3 aromatic rings. The maximum Gasteiger partial charge on any atom is 0.410 e. The van der Waals surface area contributed by atoms with Crippen molar-refractivity contribution >= 4 is 28.6 Å². The first-order valence-electron chi connectivity index (χ1n) is 13.3. The van der Waals surface area contributed by atoms with Crippen LogP contribution in [0.3, 0.4) is 0 Å². The zero-order valence-corrected chi connectivity index (χ0v) is 23.9. The van der Waals surface area contributed by atoms with Gasteiger partial charge in [-0.2, -0.15) is 0 Å². The Hall–Kier alpha value is -3.72. The van der Waals surface area contributed by atoms with Crippen molar-refractivity contribution in [1.82, 2.24) is 19.8 Å². The Morgan fingerprint density at radius 2 is 1.85 bits per heavy atom. The van der Waals surface area contributed by atoms with Crippen LogP contribution in [0.2, 0.25) is 0 Å². The van der Waals surface area contributed by atoms with Crippen molar-refractivity contribution < 1.29 is 19.1 Å². The van der Waals surface area contributed by atoms with Gasteiger partial charge >= 0.3 is 6.09 Å². The minimum atomic E-state index is -0.806. The highest BCUT2D eigenvalue weighted by Gasteiger charge is 2.60. The Balaban J connectivity index is 1.46. The molecular formula is C30H37N5O4. The molecule has 0 saturated carbocycles. The predicted molar refractivity (Wildman–Crippen MR) is 151 cm³/mol. The number of aryl methyl sites for hydroxylation is 1. The number of carbonyl (C=O) groups is 2. The fourth-order valence-corrected chi connectivity index (χ4v) is 5.43. The van der Waals surface area contributed by atoms with Crippen molar-refractivity contribution in [1.29, 1.82) is 0 Å². The molecule has 39 heavy (non-hydrogen) atoms. The molecule has 0 atom stereocenters. The first kappa shape index (κ1) is 26.9. The molecular weight excluding hydrogens is 494 g/mol. The molecule has 2 aliphatic heterocycles. The van der Waals surface area contributed by atoms with Gasteiger partial charge in [0.15, 0.2) is 0 Å². The maximum absolute atomic E-state index is 13.5. The number of rotatable bonds is 6. The Bertz CT molecular complexity index is 1440. The lowest BCUT2D eigenvalue weighted by atomic mass is 9.73. The molecule has 0 bridgehead atoms. The summed E-state index contributed by atoms with van der Waals surface area (Å²) in [5, 5.41) is 0.910. The van der Waals surface area contributed by atoms with E-state index in [1.165, 1.54) is 0 Å². The second-order valence-corrected chi connectivity index (χ2v) is 11.9. The smallest absolute Gasteiger partial charge is 0.410 e. The zero-order valence-electron chi connectivity index (χ0n) is 23.9. The monoisotopic (exact) mass is 531 g/mol. The molecule has 0 aliphatic carbocycles. The lowest BCUT2D eigenvalue weighted by Crippen LogP contribution is -2.65. The molecule has 1 spiro atoms. The van der Waals surface area contributed by atoms with Crippen LogP contribution in [0.25, 0.3) is 22.0 Å². The van der Waals surface area contributed by atoms with E-state index in [0.717, 1.165) is 51.8 Å². The summed E-state index contributed by atoms with van der Waals surface area (Å²) in [7, 11) is 5.86. The molecule has 0 N–H and O–H groups in total. The molecule has 2 aromatic heterocycles. The van der Waals surface area contributed by atoms with E-state index in [0.29, 0.717) is 12.5 Å². The van der Waals surface area contributed by atoms with Crippen LogP contribution in [0.5, 0.6) is 5.88 Å². The summed E-state index contributed by atoms with van der Waals surface area (Å²) >= 11 is 0. The van der Waals surface area contributed by atoms with Gasteiger partial charge in [0, 0.05) is 55.0 Å². The van der Waals surface area contributed by atoms with E-state index in [1.54, 1.807) is 23.0 Å². The third-order valence-electron chi connectivity index (χ3n) is 7.33. The number of hydrogen-bond acceptors (Lipinski definition) is 7. The Kier molecular flexibility index (Phi) is 6.74. The number of likely N-dealkylation sites (tertiary alicyclic amines) is 1. The quantitative estimate of drug-likeness (QED) is 0.436. The minimum absolute atomic E-state index is 0.0229. The summed E-state index contributed by atoms with van der Waals surface area (Å²) in [5.41, 5.74) is 4.01. The third-order valence-corrected chi connectivity index (χ3v) is 7.33. The first-order valence-corrected chi connectivity index (χ1v) is 13.3. The van der Waals surface area contributed by atoms with Crippen LogP contribution in [0.1, 0.15) is 38.3 Å². The molecule has 9 nitrogen and oxygen atoms in total. The Labute approximate surface area is 229 Å². The number of pyridine rings is 2. The van der Waals surface area contributed by atoms with Gasteiger partial charge < -0.3 is 24.2 Å². The van der Waals surface area contributed by atoms with Crippen molar-refractivity contribution in [3.63, 3.8) is 0 Å². The fraction of sp³-hybridized carbons (Fsp3) is 0.467. The summed E-state index contributed by atoms with van der Waals surface area (Å²) in [4.78, 5) is 40.9. The van der Waals surface area contributed by atoms with E-state index < -0.39 is 17.1 Å². The van der Waals surface area contributed by atoms with Gasteiger partial charge in [0.25, 0.3) is 0 Å². The second-order valence-electron chi connectivity index (χ2n) is 11.9. The minimum Gasteiger partial charge on any atom is -0.477 e. The summed E-state index contributed by atoms with van der Waals surface area (Å²) in [6.07, 6.45) is 4.11. The lowest BCUT2D eigenvalue weighted by Gasteiger charge is -2.46. The number of hydrogen-bond donors (Lipinski definition) is 0. The van der Waals surface area contributed by atoms with E-state index in [2.05, 4.69) is 27.0 Å². The van der Waals surface area contributed by atoms with E-state index >= 15 is 0 Å². The van der Waals surface area contributed by atoms with Crippen LogP contribution in [0.4, 0.5) is 10.5 Å². The summed E-state index contributed by atoms with van der Waals surface area (Å²) in [5.74, 6) is 0.619. The van der Waals surface area contributed by atoms with Gasteiger partial charge in [-0.1, -0.05) is 6.07 Å². The van der Waals surface area contributed by atoms with Crippen LogP contribution in [-0.4, -0.2) is 84.8 Å². The van der Waals surface area contributed by atoms with E-state index in [1.807, 2.05) is 60.1 Å². The molecule has 1 aromatic carbocycles. The number of amides is 2. The van der Waals surface area contributed by atoms with E-state index in [4.69, 9.17) is 9.47 Å². The lowest BCUT2D eigenvalue weighted by molar-refractivity contribution is -0.128. The highest BCUT2D eigenvalue weighted by molar-refractivity contribution is 6.14. The molecule has 2 aliphatic rings. The average Bonchev–Trinajstić information content (AvgIpc) is 3.07. The number of likely N-dealkylation sites (N-methyl/N-ethyl adjacent to an activating group) is 1. The Morgan fingerprint density at radius 3 is 2.51 bits per heavy atom. The first-order chi connectivity index (χ1) is 18.4. The fourth-order valence-electron chi connectivity index (χ4n) is 5.43. The van der Waals surface area contributed by atoms with Crippen LogP contribution in [0, 0.1) is 6.92 Å². The number of aromatic nitrogens is 2. The molecule has 1 saturated heterocycles. The van der Waals surface area contributed by atoms with Crippen LogP contribution < -0.4 is 9.64 Å². The van der Waals surface area contributed by atoms with Gasteiger partial charge in [0.1, 0.15) is 11.0 Å². The van der Waals surface area contributed by atoms with Crippen molar-refractivity contribution in [2.75, 3.05) is 52.3 Å². The summed E-state index contributed by atoms with van der Waals surface area (Å²) in [6.45, 7) is 9.65. The van der Waals surface area contributed by atoms with Gasteiger partial charge in [-0.05, 0) is 72.0 Å². The molecule has 9 heteroatoms. The van der Waals surface area contributed by atoms with Gasteiger partial charge in [0.2, 0.25) is 11.8 Å². The number of ether oxygens (including phenoxy) is 2. The number of nitrogens with zero attached hydrogens (tertiary/aromatic N) is 5. The normalized spacial score (nSPS) is 16.2. The van der Waals surface area contributed by atoms with Gasteiger partial charge in [-0.15, -0.1) is 0 Å². The number of carbonyl (C=O) groups excluding carboxylic acids is 2. The standard InChI is InChI=1S/C30H37N5O4/c1-19-13-21(15-32-26(19)38-12-8-11-33(5)6)20-9-10-23-22(14-20)25-24(16-31-23)34(7)27(36)30(25)17-35(18-30)28(37)39-29(2,3)4/h9-10,13-16H,8,11-12,17-18H2,1-7H3. The van der Waals surface area contributed by atoms with Crippen LogP contribution in [-0.2, 0) is 14.9 Å². The third kappa shape index (κ3) is 4.91. The molecule has 5 rings (SSSR count). The zero-order chi connectivity index (χ0) is 28.1. The van der Waals surface area contributed by atoms with Crippen molar-refractivity contribution in [2.24, 2.45) is 0 Å². The molecule has 0 unspecified atom stereocenters. The molecule has 4 heterocycles. The van der Waals surface area contributed by atoms with Crippen molar-refractivity contribution in [2.45, 2.75) is 45.1 Å².